The third-order valence-corrected chi connectivity index (χ3v) is 3.11. The van der Waals surface area contributed by atoms with Crippen LogP contribution in [0.4, 0.5) is 13.2 Å². The van der Waals surface area contributed by atoms with Crippen LogP contribution in [-0.4, -0.2) is 14.5 Å². The van der Waals surface area contributed by atoms with Crippen LogP contribution in [0.2, 0.25) is 5.02 Å². The number of pyridine rings is 1. The fourth-order valence-electron chi connectivity index (χ4n) is 1.89. The number of rotatable bonds is 1. The van der Waals surface area contributed by atoms with Crippen molar-refractivity contribution in [3.63, 3.8) is 0 Å². The third kappa shape index (κ3) is 2.12. The molecule has 0 spiro atoms. The molecule has 0 N–H and O–H groups in total. The summed E-state index contributed by atoms with van der Waals surface area (Å²) in [5.41, 5.74) is 0.558. The van der Waals surface area contributed by atoms with Crippen molar-refractivity contribution < 1.29 is 13.2 Å². The molecule has 3 nitrogen and oxygen atoms in total. The summed E-state index contributed by atoms with van der Waals surface area (Å²) in [7, 11) is 0. The highest BCUT2D eigenvalue weighted by atomic mass is 35.5. The van der Waals surface area contributed by atoms with Crippen LogP contribution in [0.5, 0.6) is 0 Å². The molecule has 0 fully saturated rings. The van der Waals surface area contributed by atoms with Gasteiger partial charge in [0, 0.05) is 6.20 Å². The molecule has 102 valence electrons. The van der Waals surface area contributed by atoms with Crippen molar-refractivity contribution in [2.24, 2.45) is 0 Å². The van der Waals surface area contributed by atoms with Crippen LogP contribution in [0.25, 0.3) is 16.9 Å². The molecular weight excluding hydrogens is 291 g/mol. The van der Waals surface area contributed by atoms with E-state index < -0.39 is 11.7 Å². The van der Waals surface area contributed by atoms with E-state index in [0.717, 1.165) is 17.8 Å². The molecule has 7 heteroatoms. The lowest BCUT2D eigenvalue weighted by Crippen LogP contribution is -2.07. The zero-order valence-corrected chi connectivity index (χ0v) is 10.7. The number of hydrogen-bond donors (Lipinski definition) is 0. The van der Waals surface area contributed by atoms with Gasteiger partial charge in [0.15, 0.2) is 5.82 Å². The number of imidazole rings is 1. The van der Waals surface area contributed by atoms with Crippen LogP contribution in [0.1, 0.15) is 5.56 Å². The Hall–Kier alpha value is -2.08. The minimum Gasteiger partial charge on any atom is -0.282 e. The monoisotopic (exact) mass is 297 g/mol. The summed E-state index contributed by atoms with van der Waals surface area (Å²) in [5.74, 6) is 0.216. The van der Waals surface area contributed by atoms with E-state index in [1.165, 1.54) is 6.33 Å². The van der Waals surface area contributed by atoms with E-state index in [-0.39, 0.29) is 10.8 Å². The molecule has 0 saturated heterocycles. The number of para-hydroxylation sites is 2. The van der Waals surface area contributed by atoms with Gasteiger partial charge in [-0.1, -0.05) is 23.7 Å². The van der Waals surface area contributed by atoms with Crippen LogP contribution in [0.15, 0.2) is 42.9 Å². The Labute approximate surface area is 116 Å². The molecule has 2 aromatic heterocycles. The second-order valence-electron chi connectivity index (χ2n) is 4.13. The molecule has 0 atom stereocenters. The van der Waals surface area contributed by atoms with Gasteiger partial charge in [-0.15, -0.1) is 0 Å². The first kappa shape index (κ1) is 12.9. The summed E-state index contributed by atoms with van der Waals surface area (Å²) >= 11 is 5.92. The topological polar surface area (TPSA) is 30.7 Å². The third-order valence-electron chi connectivity index (χ3n) is 2.83. The van der Waals surface area contributed by atoms with Crippen molar-refractivity contribution in [2.75, 3.05) is 0 Å². The SMILES string of the molecule is FC(F)(F)c1cnc(-n2cnc3ccccc32)c(Cl)c1. The summed E-state index contributed by atoms with van der Waals surface area (Å²) in [6.07, 6.45) is -2.23. The number of fused-ring (bicyclic) bond motifs is 1. The molecule has 2 heterocycles. The van der Waals surface area contributed by atoms with E-state index in [4.69, 9.17) is 11.6 Å². The van der Waals surface area contributed by atoms with Crippen LogP contribution in [0.3, 0.4) is 0 Å². The number of hydrogen-bond acceptors (Lipinski definition) is 2. The predicted octanol–water partition coefficient (Wildman–Crippen LogP) is 4.09. The van der Waals surface area contributed by atoms with Gasteiger partial charge in [0.05, 0.1) is 21.6 Å². The van der Waals surface area contributed by atoms with E-state index in [1.807, 2.05) is 6.07 Å². The Balaban J connectivity index is 2.16. The first-order chi connectivity index (χ1) is 9.47. The second-order valence-corrected chi connectivity index (χ2v) is 4.54. The number of aromatic nitrogens is 3. The van der Waals surface area contributed by atoms with Crippen molar-refractivity contribution in [1.82, 2.24) is 14.5 Å². The quantitative estimate of drug-likeness (QED) is 0.677. The van der Waals surface area contributed by atoms with E-state index >= 15 is 0 Å². The lowest BCUT2D eigenvalue weighted by Gasteiger charge is -2.10. The minimum absolute atomic E-state index is 0.0806. The van der Waals surface area contributed by atoms with Gasteiger partial charge >= 0.3 is 6.18 Å². The molecule has 1 aromatic carbocycles. The standard InChI is InChI=1S/C13H7ClF3N3/c14-9-5-8(13(15,16)17)6-18-12(9)20-7-19-10-3-1-2-4-11(10)20/h1-7H. The van der Waals surface area contributed by atoms with Crippen LogP contribution < -0.4 is 0 Å². The maximum Gasteiger partial charge on any atom is 0.417 e. The average Bonchev–Trinajstić information content (AvgIpc) is 2.81. The zero-order valence-electron chi connectivity index (χ0n) is 9.89. The number of alkyl halides is 3. The molecule has 0 aliphatic carbocycles. The summed E-state index contributed by atoms with van der Waals surface area (Å²) in [6.45, 7) is 0. The average molecular weight is 298 g/mol. The van der Waals surface area contributed by atoms with Crippen LogP contribution in [0, 0.1) is 0 Å². The largest absolute Gasteiger partial charge is 0.417 e. The normalized spacial score (nSPS) is 12.0. The number of nitrogens with zero attached hydrogens (tertiary/aromatic N) is 3. The van der Waals surface area contributed by atoms with Crippen molar-refractivity contribution in [1.29, 1.82) is 0 Å². The molecule has 0 saturated carbocycles. The molecule has 0 unspecified atom stereocenters. The number of halogens is 4. The van der Waals surface area contributed by atoms with Gasteiger partial charge in [0.1, 0.15) is 6.33 Å². The van der Waals surface area contributed by atoms with Crippen molar-refractivity contribution in [3.8, 4) is 5.82 Å². The van der Waals surface area contributed by atoms with Gasteiger partial charge in [0.2, 0.25) is 0 Å². The van der Waals surface area contributed by atoms with Gasteiger partial charge < -0.3 is 0 Å². The van der Waals surface area contributed by atoms with Crippen LogP contribution >= 0.6 is 11.6 Å². The second kappa shape index (κ2) is 4.49. The highest BCUT2D eigenvalue weighted by molar-refractivity contribution is 6.32. The molecule has 20 heavy (non-hydrogen) atoms. The highest BCUT2D eigenvalue weighted by Gasteiger charge is 2.31. The maximum atomic E-state index is 12.6. The summed E-state index contributed by atoms with van der Waals surface area (Å²) in [5, 5.41) is -0.0806. The highest BCUT2D eigenvalue weighted by Crippen LogP contribution is 2.32. The van der Waals surface area contributed by atoms with Gasteiger partial charge in [0.25, 0.3) is 0 Å². The molecule has 3 rings (SSSR count). The number of benzene rings is 1. The molecule has 0 aliphatic rings. The fourth-order valence-corrected chi connectivity index (χ4v) is 2.15. The van der Waals surface area contributed by atoms with E-state index in [1.54, 1.807) is 22.8 Å². The Bertz CT molecular complexity index is 780. The fraction of sp³-hybridized carbons (Fsp3) is 0.0769. The summed E-state index contributed by atoms with van der Waals surface area (Å²) in [4.78, 5) is 7.96. The minimum atomic E-state index is -4.47. The van der Waals surface area contributed by atoms with E-state index in [0.29, 0.717) is 5.52 Å². The Morgan fingerprint density at radius 2 is 1.85 bits per heavy atom. The molecule has 0 bridgehead atoms. The van der Waals surface area contributed by atoms with Gasteiger partial charge in [-0.25, -0.2) is 9.97 Å². The van der Waals surface area contributed by atoms with Crippen molar-refractivity contribution in [2.45, 2.75) is 6.18 Å². The molecule has 0 radical (unpaired) electrons. The molecule has 0 aliphatic heterocycles. The van der Waals surface area contributed by atoms with Gasteiger partial charge in [-0.2, -0.15) is 13.2 Å². The first-order valence-corrected chi connectivity index (χ1v) is 6.00. The molecular formula is C13H7ClF3N3. The molecule has 0 amide bonds. The predicted molar refractivity (Wildman–Crippen MR) is 68.9 cm³/mol. The lowest BCUT2D eigenvalue weighted by molar-refractivity contribution is -0.137. The summed E-state index contributed by atoms with van der Waals surface area (Å²) < 4.78 is 39.3. The van der Waals surface area contributed by atoms with Gasteiger partial charge in [-0.3, -0.25) is 4.57 Å². The van der Waals surface area contributed by atoms with Crippen molar-refractivity contribution >= 4 is 22.6 Å². The first-order valence-electron chi connectivity index (χ1n) is 5.62. The lowest BCUT2D eigenvalue weighted by atomic mass is 10.2. The Morgan fingerprint density at radius 3 is 2.55 bits per heavy atom. The Kier molecular flexibility index (Phi) is 2.90. The van der Waals surface area contributed by atoms with E-state index in [9.17, 15) is 13.2 Å². The van der Waals surface area contributed by atoms with E-state index in [2.05, 4.69) is 9.97 Å². The van der Waals surface area contributed by atoms with Gasteiger partial charge in [-0.05, 0) is 18.2 Å². The Morgan fingerprint density at radius 1 is 1.10 bits per heavy atom. The zero-order chi connectivity index (χ0) is 14.3. The van der Waals surface area contributed by atoms with Crippen LogP contribution in [-0.2, 0) is 6.18 Å². The van der Waals surface area contributed by atoms with Crippen molar-refractivity contribution in [3.05, 3.63) is 53.4 Å². The smallest absolute Gasteiger partial charge is 0.282 e. The summed E-state index contributed by atoms with van der Waals surface area (Å²) in [6, 6.07) is 8.07. The molecule has 3 aromatic rings. The maximum absolute atomic E-state index is 12.6.